The van der Waals surface area contributed by atoms with Crippen LogP contribution in [0.5, 0.6) is 0 Å². The highest BCUT2D eigenvalue weighted by molar-refractivity contribution is 7.00. The number of fused-ring (bicyclic) bond motifs is 7. The SMILES string of the molecule is [C-]#[N+]c1ccc(-n2c3ccc(-c4cc5c6c(c4)N(c4ccc(-c7ccccc7)cc4)c4cc(C(C)(C)C)ccc4B6c4ccc(C(C)(C)C)cc4N5c4ccc(-c5ccccc5)cc4)cc3c3ccc(-c4nc(-c5ccccc5)nc(-c5ccccc5)n4)cc32)c(-c2nc(-c3ccccc3)nc(-c3ccccc3)n2)c1. The molecule has 0 radical (unpaired) electrons. The van der Waals surface area contributed by atoms with Crippen molar-refractivity contribution in [2.75, 3.05) is 9.80 Å². The van der Waals surface area contributed by atoms with Gasteiger partial charge >= 0.3 is 0 Å². The largest absolute Gasteiger partial charge is 0.311 e. The van der Waals surface area contributed by atoms with Crippen LogP contribution in [0.25, 0.3) is 134 Å². The molecule has 0 unspecified atom stereocenters. The van der Waals surface area contributed by atoms with Crippen molar-refractivity contribution in [1.29, 1.82) is 0 Å². The van der Waals surface area contributed by atoms with Crippen LogP contribution in [0.4, 0.5) is 39.8 Å². The summed E-state index contributed by atoms with van der Waals surface area (Å²) >= 11 is 0. The molecule has 110 heavy (non-hydrogen) atoms. The van der Waals surface area contributed by atoms with Gasteiger partial charge in [0.05, 0.1) is 23.3 Å². The van der Waals surface area contributed by atoms with Gasteiger partial charge in [0.15, 0.2) is 40.6 Å². The van der Waals surface area contributed by atoms with Crippen molar-refractivity contribution in [2.24, 2.45) is 0 Å². The van der Waals surface area contributed by atoms with E-state index in [-0.39, 0.29) is 17.5 Å². The first-order valence-corrected chi connectivity index (χ1v) is 37.5. The van der Waals surface area contributed by atoms with E-state index in [1.807, 2.05) is 140 Å². The van der Waals surface area contributed by atoms with E-state index in [4.69, 9.17) is 36.5 Å². The Morgan fingerprint density at radius 2 is 0.664 bits per heavy atom. The summed E-state index contributed by atoms with van der Waals surface area (Å²) in [6.45, 7) is 22.3. The van der Waals surface area contributed by atoms with E-state index in [0.29, 0.717) is 46.2 Å². The van der Waals surface area contributed by atoms with Gasteiger partial charge < -0.3 is 14.4 Å². The zero-order valence-corrected chi connectivity index (χ0v) is 61.8. The third-order valence-electron chi connectivity index (χ3n) is 21.6. The van der Waals surface area contributed by atoms with E-state index in [1.54, 1.807) is 0 Å². The zero-order valence-electron chi connectivity index (χ0n) is 61.8. The van der Waals surface area contributed by atoms with Gasteiger partial charge in [-0.1, -0.05) is 296 Å². The molecule has 10 nitrogen and oxygen atoms in total. The smallest absolute Gasteiger partial charge is 0.252 e. The number of anilines is 6. The maximum atomic E-state index is 8.54. The standard InChI is InChI=1S/C99H73BN10/c1-98(2,3)74-44-52-82-87(60-74)108(77-47-38-65(39-48-77)63-26-14-8-15-27-63)89-58-73(59-90-91(89)100(82)83-53-45-75(99(4,5)6)61-88(83)109(90)78-49-40-66(41-50-78)64-28-16-9-17-29-64)71-43-54-84-80(56-71)79-51-42-72(96-104-92(67-30-18-10-19-31-67)102-93(105-96)68-32-20-11-21-33-68)57-86(79)110(84)85-55-46-76(101-7)62-81(85)97-106-94(69-34-22-12-23-35-69)103-95(107-97)70-36-24-13-25-37-70/h8-62H,1-6H3. The Kier molecular flexibility index (Phi) is 16.3. The molecule has 19 rings (SSSR count). The molecule has 522 valence electrons. The van der Waals surface area contributed by atoms with E-state index in [0.717, 1.165) is 123 Å². The molecule has 0 fully saturated rings. The van der Waals surface area contributed by atoms with E-state index >= 15 is 0 Å². The molecule has 11 heteroatoms. The first-order valence-electron chi connectivity index (χ1n) is 37.5. The number of nitrogens with zero attached hydrogens (tertiary/aromatic N) is 10. The average Bonchev–Trinajstić information content (AvgIpc) is 0.810. The lowest BCUT2D eigenvalue weighted by molar-refractivity contribution is 0.590. The molecule has 0 aliphatic carbocycles. The predicted molar refractivity (Wildman–Crippen MR) is 454 cm³/mol. The Labute approximate surface area is 641 Å². The van der Waals surface area contributed by atoms with Gasteiger partial charge in [0.2, 0.25) is 0 Å². The summed E-state index contributed by atoms with van der Waals surface area (Å²) in [7, 11) is 0. The van der Waals surface area contributed by atoms with Crippen molar-refractivity contribution in [3.63, 3.8) is 0 Å². The van der Waals surface area contributed by atoms with Crippen LogP contribution >= 0.6 is 0 Å². The molecule has 0 amide bonds. The van der Waals surface area contributed by atoms with Gasteiger partial charge in [0, 0.05) is 78.3 Å². The first kappa shape index (κ1) is 66.7. The molecule has 0 spiro atoms. The van der Waals surface area contributed by atoms with Gasteiger partial charge in [0.1, 0.15) is 0 Å². The first-order chi connectivity index (χ1) is 53.7. The van der Waals surface area contributed by atoms with Crippen LogP contribution in [0.1, 0.15) is 52.7 Å². The molecular formula is C99H73BN10. The minimum Gasteiger partial charge on any atom is -0.311 e. The number of aromatic nitrogens is 7. The molecule has 5 heterocycles. The molecule has 2 aliphatic rings. The maximum absolute atomic E-state index is 8.54. The van der Waals surface area contributed by atoms with Gasteiger partial charge in [-0.3, -0.25) is 0 Å². The fourth-order valence-corrected chi connectivity index (χ4v) is 15.9. The van der Waals surface area contributed by atoms with E-state index in [1.165, 1.54) is 27.5 Å². The number of benzene rings is 14. The number of rotatable bonds is 12. The van der Waals surface area contributed by atoms with Crippen LogP contribution in [0.2, 0.25) is 0 Å². The Morgan fingerprint density at radius 3 is 1.08 bits per heavy atom. The predicted octanol–water partition coefficient (Wildman–Crippen LogP) is 23.4. The van der Waals surface area contributed by atoms with Crippen LogP contribution in [-0.4, -0.2) is 41.2 Å². The average molecular weight is 1410 g/mol. The summed E-state index contributed by atoms with van der Waals surface area (Å²) in [6, 6.07) is 119. The lowest BCUT2D eigenvalue weighted by atomic mass is 9.33. The second-order valence-corrected chi connectivity index (χ2v) is 30.6. The van der Waals surface area contributed by atoms with Gasteiger partial charge in [0.25, 0.3) is 6.71 Å². The quantitative estimate of drug-likeness (QED) is 0.0882. The monoisotopic (exact) mass is 1410 g/mol. The molecule has 0 bridgehead atoms. The minimum atomic E-state index is -0.155. The van der Waals surface area contributed by atoms with Crippen LogP contribution in [-0.2, 0) is 10.8 Å². The fourth-order valence-electron chi connectivity index (χ4n) is 15.9. The van der Waals surface area contributed by atoms with Gasteiger partial charge in [-0.2, -0.15) is 0 Å². The van der Waals surface area contributed by atoms with Crippen molar-refractivity contribution in [1.82, 2.24) is 34.5 Å². The maximum Gasteiger partial charge on any atom is 0.252 e. The van der Waals surface area contributed by atoms with E-state index in [2.05, 4.69) is 255 Å². The molecular weight excluding hydrogens is 1340 g/mol. The third-order valence-corrected chi connectivity index (χ3v) is 21.6. The van der Waals surface area contributed by atoms with Gasteiger partial charge in [-0.25, -0.2) is 34.7 Å². The van der Waals surface area contributed by atoms with Crippen LogP contribution in [0.3, 0.4) is 0 Å². The van der Waals surface area contributed by atoms with E-state index < -0.39 is 0 Å². The topological polar surface area (TPSA) is 93.1 Å². The molecule has 0 saturated carbocycles. The van der Waals surface area contributed by atoms with Crippen LogP contribution in [0, 0.1) is 6.57 Å². The highest BCUT2D eigenvalue weighted by Crippen LogP contribution is 2.50. The van der Waals surface area contributed by atoms with Crippen molar-refractivity contribution in [3.05, 3.63) is 356 Å². The summed E-state index contributed by atoms with van der Waals surface area (Å²) < 4.78 is 2.31. The van der Waals surface area contributed by atoms with Gasteiger partial charge in [-0.15, -0.1) is 0 Å². The molecule has 0 atom stereocenters. The molecule has 3 aromatic heterocycles. The summed E-state index contributed by atoms with van der Waals surface area (Å²) in [5.74, 6) is 3.09. The van der Waals surface area contributed by atoms with Crippen LogP contribution in [0.15, 0.2) is 334 Å². The molecule has 17 aromatic rings. The summed E-state index contributed by atoms with van der Waals surface area (Å²) in [5.41, 5.74) is 27.2. The van der Waals surface area contributed by atoms with Crippen molar-refractivity contribution in [2.45, 2.75) is 52.4 Å². The lowest BCUT2D eigenvalue weighted by Crippen LogP contribution is -2.61. The van der Waals surface area contributed by atoms with Crippen LogP contribution < -0.4 is 26.2 Å². The van der Waals surface area contributed by atoms with Crippen molar-refractivity contribution >= 4 is 84.7 Å². The normalized spacial score (nSPS) is 12.4. The summed E-state index contributed by atoms with van der Waals surface area (Å²) in [4.78, 5) is 40.7. The number of hydrogen-bond acceptors (Lipinski definition) is 8. The minimum absolute atomic E-state index is 0.131. The highest BCUT2D eigenvalue weighted by Gasteiger charge is 2.45. The summed E-state index contributed by atoms with van der Waals surface area (Å²) in [5, 5.41) is 2.00. The molecule has 2 aliphatic heterocycles. The highest BCUT2D eigenvalue weighted by atomic mass is 15.2. The lowest BCUT2D eigenvalue weighted by Gasteiger charge is -2.45. The molecule has 0 saturated heterocycles. The fraction of sp³-hybridized carbons (Fsp3) is 0.0808. The molecule has 0 N–H and O–H groups in total. The Balaban J connectivity index is 0.885. The Morgan fingerprint density at radius 1 is 0.282 bits per heavy atom. The second-order valence-electron chi connectivity index (χ2n) is 30.6. The van der Waals surface area contributed by atoms with Crippen molar-refractivity contribution in [3.8, 4) is 107 Å². The summed E-state index contributed by atoms with van der Waals surface area (Å²) in [6.07, 6.45) is 0. The Hall–Kier alpha value is -13.9. The third kappa shape index (κ3) is 12.0. The number of hydrogen-bond donors (Lipinski definition) is 0. The zero-order chi connectivity index (χ0) is 74.4. The van der Waals surface area contributed by atoms with Crippen molar-refractivity contribution < 1.29 is 0 Å². The Bertz CT molecular complexity index is 6180. The van der Waals surface area contributed by atoms with Gasteiger partial charge in [-0.05, 0) is 151 Å². The molecule has 14 aromatic carbocycles. The second kappa shape index (κ2) is 26.8. The van der Waals surface area contributed by atoms with E-state index in [9.17, 15) is 0 Å².